The summed E-state index contributed by atoms with van der Waals surface area (Å²) in [4.78, 5) is 0. The van der Waals surface area contributed by atoms with E-state index in [1.165, 1.54) is 0 Å². The highest BCUT2D eigenvalue weighted by Crippen LogP contribution is 2.49. The molecule has 0 amide bonds. The molecule has 0 aliphatic carbocycles. The summed E-state index contributed by atoms with van der Waals surface area (Å²) in [5.74, 6) is 3.00. The molecule has 170 valence electrons. The largest absolute Gasteiger partial charge is 0.497 e. The molecule has 2 N–H and O–H groups in total. The van der Waals surface area contributed by atoms with Crippen molar-refractivity contribution in [2.45, 2.75) is 50.8 Å². The Morgan fingerprint density at radius 1 is 0.903 bits per heavy atom. The summed E-state index contributed by atoms with van der Waals surface area (Å²) in [5, 5.41) is 15.6. The lowest BCUT2D eigenvalue weighted by molar-refractivity contribution is -0.0748. The van der Waals surface area contributed by atoms with Gasteiger partial charge < -0.3 is 29.4 Å². The lowest BCUT2D eigenvalue weighted by atomic mass is 9.70. The third-order valence-corrected chi connectivity index (χ3v) is 6.55. The number of piperidine rings is 1. The zero-order valence-electron chi connectivity index (χ0n) is 19.4. The lowest BCUT2D eigenvalue weighted by Crippen LogP contribution is -2.52. The van der Waals surface area contributed by atoms with Crippen LogP contribution < -0.4 is 24.3 Å². The molecule has 1 aliphatic heterocycles. The second-order valence-electron chi connectivity index (χ2n) is 8.26. The molecule has 0 radical (unpaired) electrons. The number of benzene rings is 2. The summed E-state index contributed by atoms with van der Waals surface area (Å²) >= 11 is 0. The van der Waals surface area contributed by atoms with Crippen molar-refractivity contribution in [2.75, 3.05) is 28.4 Å². The van der Waals surface area contributed by atoms with E-state index in [0.717, 1.165) is 40.5 Å². The zero-order valence-corrected chi connectivity index (χ0v) is 19.4. The summed E-state index contributed by atoms with van der Waals surface area (Å²) in [6.45, 7) is 4.21. The minimum atomic E-state index is -0.850. The molecule has 6 heteroatoms. The van der Waals surface area contributed by atoms with Crippen LogP contribution in [0.25, 0.3) is 0 Å². The maximum atomic E-state index is 11.8. The Labute approximate surface area is 185 Å². The maximum absolute atomic E-state index is 11.8. The van der Waals surface area contributed by atoms with Crippen molar-refractivity contribution < 1.29 is 24.1 Å². The molecule has 1 aliphatic rings. The van der Waals surface area contributed by atoms with E-state index in [4.69, 9.17) is 18.9 Å². The number of ether oxygens (including phenoxy) is 4. The minimum absolute atomic E-state index is 0.0405. The lowest BCUT2D eigenvalue weighted by Gasteiger charge is -2.48. The predicted molar refractivity (Wildman–Crippen MR) is 121 cm³/mol. The average molecular weight is 430 g/mol. The van der Waals surface area contributed by atoms with E-state index >= 15 is 0 Å². The molecule has 0 saturated carbocycles. The Morgan fingerprint density at radius 3 is 1.97 bits per heavy atom. The van der Waals surface area contributed by atoms with E-state index < -0.39 is 5.60 Å². The smallest absolute Gasteiger partial charge is 0.123 e. The normalized spacial score (nSPS) is 25.7. The van der Waals surface area contributed by atoms with Crippen LogP contribution in [0.5, 0.6) is 23.0 Å². The first-order chi connectivity index (χ1) is 14.9. The third kappa shape index (κ3) is 4.60. The van der Waals surface area contributed by atoms with Crippen LogP contribution in [0.15, 0.2) is 36.4 Å². The Hall–Kier alpha value is -2.44. The van der Waals surface area contributed by atoms with Crippen LogP contribution in [0.3, 0.4) is 0 Å². The number of hydrogen-bond acceptors (Lipinski definition) is 6. The molecule has 2 aromatic carbocycles. The van der Waals surface area contributed by atoms with Gasteiger partial charge in [0, 0.05) is 29.1 Å². The van der Waals surface area contributed by atoms with E-state index in [-0.39, 0.29) is 18.0 Å². The standard InChI is InChI=1S/C25H35NO5/c1-7-12-25(27)15-21(19-13-17(28-3)8-10-22(19)30-5)26-24(16(25)2)20-14-18(29-4)9-11-23(20)31-6/h8-11,13-14,16,21,24,26-27H,7,12,15H2,1-6H3/t16-,21+,24+,25-/m0/s1. The topological polar surface area (TPSA) is 69.2 Å². The second kappa shape index (κ2) is 9.79. The molecule has 0 bridgehead atoms. The summed E-state index contributed by atoms with van der Waals surface area (Å²) in [5.41, 5.74) is 1.09. The van der Waals surface area contributed by atoms with Gasteiger partial charge in [0.1, 0.15) is 23.0 Å². The Kier molecular flexibility index (Phi) is 7.34. The summed E-state index contributed by atoms with van der Waals surface area (Å²) < 4.78 is 22.3. The molecule has 1 fully saturated rings. The first kappa shape index (κ1) is 23.2. The van der Waals surface area contributed by atoms with Crippen molar-refractivity contribution in [3.63, 3.8) is 0 Å². The Bertz CT molecular complexity index is 886. The molecule has 31 heavy (non-hydrogen) atoms. The number of rotatable bonds is 8. The van der Waals surface area contributed by atoms with E-state index in [9.17, 15) is 5.11 Å². The van der Waals surface area contributed by atoms with Gasteiger partial charge in [0.05, 0.1) is 34.0 Å². The predicted octanol–water partition coefficient (Wildman–Crippen LogP) is 4.66. The molecular formula is C25H35NO5. The van der Waals surface area contributed by atoms with Crippen LogP contribution in [-0.4, -0.2) is 39.1 Å². The molecule has 3 rings (SSSR count). The molecule has 6 nitrogen and oxygen atoms in total. The van der Waals surface area contributed by atoms with Gasteiger partial charge >= 0.3 is 0 Å². The molecule has 0 aromatic heterocycles. The van der Waals surface area contributed by atoms with Gasteiger partial charge in [-0.15, -0.1) is 0 Å². The van der Waals surface area contributed by atoms with Crippen molar-refractivity contribution in [2.24, 2.45) is 5.92 Å². The van der Waals surface area contributed by atoms with E-state index in [1.807, 2.05) is 36.4 Å². The molecule has 0 spiro atoms. The average Bonchev–Trinajstić information content (AvgIpc) is 2.80. The van der Waals surface area contributed by atoms with Crippen LogP contribution in [0.1, 0.15) is 56.3 Å². The van der Waals surface area contributed by atoms with Gasteiger partial charge in [0.15, 0.2) is 0 Å². The highest BCUT2D eigenvalue weighted by Gasteiger charge is 2.46. The number of hydrogen-bond donors (Lipinski definition) is 2. The molecular weight excluding hydrogens is 394 g/mol. The number of nitrogens with one attached hydrogen (secondary N) is 1. The number of methoxy groups -OCH3 is 4. The number of aliphatic hydroxyl groups is 1. The van der Waals surface area contributed by atoms with Gasteiger partial charge in [-0.1, -0.05) is 20.3 Å². The maximum Gasteiger partial charge on any atom is 0.123 e. The molecule has 1 heterocycles. The van der Waals surface area contributed by atoms with Gasteiger partial charge in [-0.3, -0.25) is 0 Å². The highest BCUT2D eigenvalue weighted by atomic mass is 16.5. The van der Waals surface area contributed by atoms with E-state index in [1.54, 1.807) is 28.4 Å². The summed E-state index contributed by atoms with van der Waals surface area (Å²) in [7, 11) is 6.64. The SMILES string of the molecule is CCC[C@]1(O)C[C@H](c2cc(OC)ccc2OC)N[C@@H](c2cc(OC)ccc2OC)[C@@H]1C. The fourth-order valence-electron chi connectivity index (χ4n) is 4.79. The summed E-state index contributed by atoms with van der Waals surface area (Å²) in [6.07, 6.45) is 2.18. The van der Waals surface area contributed by atoms with Gasteiger partial charge in [-0.25, -0.2) is 0 Å². The van der Waals surface area contributed by atoms with Crippen LogP contribution in [0, 0.1) is 5.92 Å². The third-order valence-electron chi connectivity index (χ3n) is 6.55. The fourth-order valence-corrected chi connectivity index (χ4v) is 4.79. The van der Waals surface area contributed by atoms with E-state index in [0.29, 0.717) is 12.8 Å². The first-order valence-electron chi connectivity index (χ1n) is 10.8. The minimum Gasteiger partial charge on any atom is -0.497 e. The monoisotopic (exact) mass is 429 g/mol. The van der Waals surface area contributed by atoms with Crippen LogP contribution in [-0.2, 0) is 0 Å². The Balaban J connectivity index is 2.11. The summed E-state index contributed by atoms with van der Waals surface area (Å²) in [6, 6.07) is 11.3. The van der Waals surface area contributed by atoms with Gasteiger partial charge in [0.25, 0.3) is 0 Å². The zero-order chi connectivity index (χ0) is 22.6. The Morgan fingerprint density at radius 2 is 1.45 bits per heavy atom. The fraction of sp³-hybridized carbons (Fsp3) is 0.520. The quantitative estimate of drug-likeness (QED) is 0.636. The van der Waals surface area contributed by atoms with Gasteiger partial charge in [-0.05, 0) is 49.2 Å². The molecule has 2 aromatic rings. The van der Waals surface area contributed by atoms with E-state index in [2.05, 4.69) is 19.2 Å². The molecule has 1 saturated heterocycles. The van der Waals surface area contributed by atoms with Crippen molar-refractivity contribution in [3.8, 4) is 23.0 Å². The molecule has 4 atom stereocenters. The van der Waals surface area contributed by atoms with Crippen molar-refractivity contribution in [1.29, 1.82) is 0 Å². The highest BCUT2D eigenvalue weighted by molar-refractivity contribution is 5.46. The molecule has 0 unspecified atom stereocenters. The van der Waals surface area contributed by atoms with Crippen molar-refractivity contribution in [1.82, 2.24) is 5.32 Å². The van der Waals surface area contributed by atoms with Crippen molar-refractivity contribution in [3.05, 3.63) is 47.5 Å². The van der Waals surface area contributed by atoms with Crippen LogP contribution >= 0.6 is 0 Å². The van der Waals surface area contributed by atoms with Crippen LogP contribution in [0.4, 0.5) is 0 Å². The van der Waals surface area contributed by atoms with Crippen molar-refractivity contribution >= 4 is 0 Å². The second-order valence-corrected chi connectivity index (χ2v) is 8.26. The first-order valence-corrected chi connectivity index (χ1v) is 10.8. The van der Waals surface area contributed by atoms with Crippen LogP contribution in [0.2, 0.25) is 0 Å². The van der Waals surface area contributed by atoms with Gasteiger partial charge in [-0.2, -0.15) is 0 Å². The van der Waals surface area contributed by atoms with Gasteiger partial charge in [0.2, 0.25) is 0 Å².